The van der Waals surface area contributed by atoms with Crippen LogP contribution in [0.2, 0.25) is 0 Å². The zero-order chi connectivity index (χ0) is 13.3. The van der Waals surface area contributed by atoms with E-state index in [9.17, 15) is 14.0 Å². The highest BCUT2D eigenvalue weighted by Gasteiger charge is 2.34. The summed E-state index contributed by atoms with van der Waals surface area (Å²) in [6.07, 6.45) is 0.978. The molecule has 18 heavy (non-hydrogen) atoms. The third kappa shape index (κ3) is 2.85. The zero-order valence-corrected chi connectivity index (χ0v) is 10.3. The second-order valence-electron chi connectivity index (χ2n) is 4.67. The number of hydrogen-bond donors (Lipinski definition) is 2. The zero-order valence-electron chi connectivity index (χ0n) is 10.3. The Morgan fingerprint density at radius 1 is 1.39 bits per heavy atom. The number of anilines is 1. The van der Waals surface area contributed by atoms with Crippen LogP contribution < -0.4 is 10.6 Å². The summed E-state index contributed by atoms with van der Waals surface area (Å²) < 4.78 is 13.4. The van der Waals surface area contributed by atoms with Gasteiger partial charge in [-0.25, -0.2) is 4.39 Å². The lowest BCUT2D eigenvalue weighted by Crippen LogP contribution is -2.26. The van der Waals surface area contributed by atoms with Crippen LogP contribution in [0.3, 0.4) is 0 Å². The first-order chi connectivity index (χ1) is 8.47. The van der Waals surface area contributed by atoms with Gasteiger partial charge in [0.05, 0.1) is 5.69 Å². The van der Waals surface area contributed by atoms with Gasteiger partial charge in [0.2, 0.25) is 5.91 Å². The van der Waals surface area contributed by atoms with Crippen LogP contribution in [0.15, 0.2) is 18.2 Å². The summed E-state index contributed by atoms with van der Waals surface area (Å²) in [5, 5.41) is 5.20. The molecule has 0 saturated heterocycles. The molecule has 2 N–H and O–H groups in total. The molecule has 1 saturated carbocycles. The van der Waals surface area contributed by atoms with E-state index < -0.39 is 5.82 Å². The molecule has 1 aliphatic rings. The molecule has 2 unspecified atom stereocenters. The second kappa shape index (κ2) is 4.76. The summed E-state index contributed by atoms with van der Waals surface area (Å²) in [5.74, 6) is -0.663. The van der Waals surface area contributed by atoms with Gasteiger partial charge in [-0.1, -0.05) is 6.92 Å². The van der Waals surface area contributed by atoms with Gasteiger partial charge in [-0.15, -0.1) is 0 Å². The normalized spacial score (nSPS) is 21.3. The highest BCUT2D eigenvalue weighted by Crippen LogP contribution is 2.29. The number of halogens is 1. The Morgan fingerprint density at radius 2 is 2.06 bits per heavy atom. The molecular weight excluding hydrogens is 235 g/mol. The lowest BCUT2D eigenvalue weighted by molar-refractivity contribution is -0.114. The molecule has 5 heteroatoms. The Balaban J connectivity index is 2.12. The van der Waals surface area contributed by atoms with Crippen molar-refractivity contribution in [2.45, 2.75) is 26.3 Å². The summed E-state index contributed by atoms with van der Waals surface area (Å²) in [7, 11) is 0. The molecule has 1 aromatic carbocycles. The second-order valence-corrected chi connectivity index (χ2v) is 4.67. The van der Waals surface area contributed by atoms with Crippen molar-refractivity contribution in [3.8, 4) is 0 Å². The van der Waals surface area contributed by atoms with Crippen molar-refractivity contribution >= 4 is 17.5 Å². The Morgan fingerprint density at radius 3 is 2.61 bits per heavy atom. The first kappa shape index (κ1) is 12.5. The number of rotatable bonds is 3. The van der Waals surface area contributed by atoms with Crippen LogP contribution in [0.4, 0.5) is 10.1 Å². The lowest BCUT2D eigenvalue weighted by atomic mass is 10.1. The van der Waals surface area contributed by atoms with Gasteiger partial charge < -0.3 is 10.6 Å². The topological polar surface area (TPSA) is 58.2 Å². The highest BCUT2D eigenvalue weighted by molar-refractivity contribution is 5.97. The van der Waals surface area contributed by atoms with E-state index in [-0.39, 0.29) is 23.5 Å². The lowest BCUT2D eigenvalue weighted by Gasteiger charge is -2.08. The Kier molecular flexibility index (Phi) is 3.32. The number of carbonyl (C=O) groups excluding carboxylic acids is 2. The van der Waals surface area contributed by atoms with Crippen molar-refractivity contribution in [2.24, 2.45) is 5.92 Å². The molecule has 4 nitrogen and oxygen atoms in total. The number of benzene rings is 1. The Hall–Kier alpha value is -1.91. The maximum Gasteiger partial charge on any atom is 0.251 e. The standard InChI is InChI=1S/C13H15FN2O2/c1-7-5-11(7)16-13(18)9-3-4-10(14)12(6-9)15-8(2)17/h3-4,6-7,11H,5H2,1-2H3,(H,15,17)(H,16,18). The van der Waals surface area contributed by atoms with E-state index in [0.29, 0.717) is 11.5 Å². The molecule has 1 aromatic rings. The van der Waals surface area contributed by atoms with Crippen LogP contribution in [0.1, 0.15) is 30.6 Å². The number of hydrogen-bond acceptors (Lipinski definition) is 2. The van der Waals surface area contributed by atoms with Gasteiger partial charge in [-0.3, -0.25) is 9.59 Å². The molecule has 2 rings (SSSR count). The summed E-state index contributed by atoms with van der Waals surface area (Å²) in [6, 6.07) is 4.14. The van der Waals surface area contributed by atoms with Crippen molar-refractivity contribution in [1.29, 1.82) is 0 Å². The molecular formula is C13H15FN2O2. The van der Waals surface area contributed by atoms with Crippen LogP contribution in [0, 0.1) is 11.7 Å². The van der Waals surface area contributed by atoms with Crippen molar-refractivity contribution in [3.63, 3.8) is 0 Å². The maximum atomic E-state index is 13.4. The van der Waals surface area contributed by atoms with Crippen molar-refractivity contribution in [3.05, 3.63) is 29.6 Å². The fraction of sp³-hybridized carbons (Fsp3) is 0.385. The van der Waals surface area contributed by atoms with E-state index in [0.717, 1.165) is 6.42 Å². The van der Waals surface area contributed by atoms with Gasteiger partial charge in [0.25, 0.3) is 5.91 Å². The van der Waals surface area contributed by atoms with E-state index in [1.165, 1.54) is 25.1 Å². The van der Waals surface area contributed by atoms with E-state index in [2.05, 4.69) is 17.6 Å². The fourth-order valence-corrected chi connectivity index (χ4v) is 1.73. The number of amides is 2. The van der Waals surface area contributed by atoms with Crippen LogP contribution in [-0.4, -0.2) is 17.9 Å². The van der Waals surface area contributed by atoms with Crippen molar-refractivity contribution in [1.82, 2.24) is 5.32 Å². The molecule has 0 aromatic heterocycles. The molecule has 0 aliphatic heterocycles. The SMILES string of the molecule is CC(=O)Nc1cc(C(=O)NC2CC2C)ccc1F. The largest absolute Gasteiger partial charge is 0.349 e. The third-order valence-corrected chi connectivity index (χ3v) is 2.97. The summed E-state index contributed by atoms with van der Waals surface area (Å²) in [6.45, 7) is 3.34. The van der Waals surface area contributed by atoms with Gasteiger partial charge >= 0.3 is 0 Å². The first-order valence-corrected chi connectivity index (χ1v) is 5.85. The molecule has 1 fully saturated rings. The molecule has 96 valence electrons. The third-order valence-electron chi connectivity index (χ3n) is 2.97. The van der Waals surface area contributed by atoms with Gasteiger partial charge in [-0.05, 0) is 30.5 Å². The van der Waals surface area contributed by atoms with Crippen molar-refractivity contribution < 1.29 is 14.0 Å². The number of carbonyl (C=O) groups is 2. The van der Waals surface area contributed by atoms with E-state index in [1.807, 2.05) is 0 Å². The first-order valence-electron chi connectivity index (χ1n) is 5.85. The molecule has 2 amide bonds. The van der Waals surface area contributed by atoms with Crippen LogP contribution >= 0.6 is 0 Å². The smallest absolute Gasteiger partial charge is 0.251 e. The van der Waals surface area contributed by atoms with Gasteiger partial charge in [0.15, 0.2) is 0 Å². The molecule has 0 radical (unpaired) electrons. The summed E-state index contributed by atoms with van der Waals surface area (Å²) in [5.41, 5.74) is 0.373. The summed E-state index contributed by atoms with van der Waals surface area (Å²) in [4.78, 5) is 22.7. The van der Waals surface area contributed by atoms with Gasteiger partial charge in [0.1, 0.15) is 5.82 Å². The highest BCUT2D eigenvalue weighted by atomic mass is 19.1. The van der Waals surface area contributed by atoms with Gasteiger partial charge in [0, 0.05) is 18.5 Å². The minimum atomic E-state index is -0.554. The average molecular weight is 250 g/mol. The maximum absolute atomic E-state index is 13.4. The van der Waals surface area contributed by atoms with Gasteiger partial charge in [-0.2, -0.15) is 0 Å². The minimum absolute atomic E-state index is 0.0268. The Labute approximate surface area is 105 Å². The molecule has 0 bridgehead atoms. The molecule has 0 spiro atoms. The monoisotopic (exact) mass is 250 g/mol. The predicted molar refractivity (Wildman–Crippen MR) is 65.7 cm³/mol. The average Bonchev–Trinajstić information content (AvgIpc) is 2.96. The number of nitrogens with one attached hydrogen (secondary N) is 2. The minimum Gasteiger partial charge on any atom is -0.349 e. The van der Waals surface area contributed by atoms with E-state index >= 15 is 0 Å². The van der Waals surface area contributed by atoms with Crippen molar-refractivity contribution in [2.75, 3.05) is 5.32 Å². The van der Waals surface area contributed by atoms with E-state index in [1.54, 1.807) is 0 Å². The quantitative estimate of drug-likeness (QED) is 0.861. The van der Waals surface area contributed by atoms with E-state index in [4.69, 9.17) is 0 Å². The fourth-order valence-electron chi connectivity index (χ4n) is 1.73. The van der Waals surface area contributed by atoms with Crippen LogP contribution in [0.5, 0.6) is 0 Å². The molecule has 1 aliphatic carbocycles. The molecule has 2 atom stereocenters. The van der Waals surface area contributed by atoms with Crippen LogP contribution in [-0.2, 0) is 4.79 Å². The predicted octanol–water partition coefficient (Wildman–Crippen LogP) is 1.92. The Bertz CT molecular complexity index is 502. The van der Waals surface area contributed by atoms with Crippen LogP contribution in [0.25, 0.3) is 0 Å². The molecule has 0 heterocycles. The summed E-state index contributed by atoms with van der Waals surface area (Å²) >= 11 is 0.